The monoisotopic (exact) mass is 357 g/mol. The molecule has 0 spiro atoms. The maximum atomic E-state index is 13.6. The van der Waals surface area contributed by atoms with Crippen LogP contribution in [-0.2, 0) is 16.2 Å². The van der Waals surface area contributed by atoms with Crippen LogP contribution in [0.4, 0.5) is 10.1 Å². The van der Waals surface area contributed by atoms with Crippen LogP contribution in [0.15, 0.2) is 48.5 Å². The quantitative estimate of drug-likeness (QED) is 0.827. The van der Waals surface area contributed by atoms with Crippen LogP contribution in [0.25, 0.3) is 0 Å². The zero-order valence-corrected chi connectivity index (χ0v) is 14.2. The van der Waals surface area contributed by atoms with Gasteiger partial charge >= 0.3 is 0 Å². The Hall–Kier alpha value is -2.93. The van der Waals surface area contributed by atoms with E-state index in [-0.39, 0.29) is 37.3 Å². The van der Waals surface area contributed by atoms with Gasteiger partial charge in [0.1, 0.15) is 18.2 Å². The van der Waals surface area contributed by atoms with Gasteiger partial charge in [0.25, 0.3) is 0 Å². The predicted octanol–water partition coefficient (Wildman–Crippen LogP) is 1.77. The Balaban J connectivity index is 1.48. The molecule has 26 heavy (non-hydrogen) atoms. The van der Waals surface area contributed by atoms with E-state index in [4.69, 9.17) is 4.74 Å². The number of hydrogen-bond donors (Lipinski definition) is 2. The summed E-state index contributed by atoms with van der Waals surface area (Å²) >= 11 is 0. The first-order valence-electron chi connectivity index (χ1n) is 8.35. The zero-order chi connectivity index (χ0) is 18.4. The molecule has 136 valence electrons. The molecule has 0 saturated carbocycles. The van der Waals surface area contributed by atoms with E-state index < -0.39 is 0 Å². The van der Waals surface area contributed by atoms with Crippen molar-refractivity contribution in [3.8, 4) is 5.75 Å². The van der Waals surface area contributed by atoms with Crippen LogP contribution in [-0.4, -0.2) is 42.9 Å². The van der Waals surface area contributed by atoms with Gasteiger partial charge < -0.3 is 15.4 Å². The van der Waals surface area contributed by atoms with Crippen molar-refractivity contribution in [3.63, 3.8) is 0 Å². The second kappa shape index (κ2) is 8.44. The standard InChI is InChI=1S/C19H20FN3O3/c20-17-4-2-1-3-14(17)13-26-16-7-5-15(6-8-16)22-19(25)12-23-10-9-21-18(24)11-23/h1-8H,9-13H2,(H,21,24)(H,22,25). The number of ether oxygens (including phenoxy) is 1. The minimum Gasteiger partial charge on any atom is -0.489 e. The van der Waals surface area contributed by atoms with Gasteiger partial charge in [-0.25, -0.2) is 4.39 Å². The lowest BCUT2D eigenvalue weighted by atomic mass is 10.2. The molecule has 0 radical (unpaired) electrons. The molecule has 2 aromatic rings. The molecule has 0 unspecified atom stereocenters. The largest absolute Gasteiger partial charge is 0.489 e. The molecular formula is C19H20FN3O3. The van der Waals surface area contributed by atoms with Crippen molar-refractivity contribution in [2.45, 2.75) is 6.61 Å². The molecule has 2 amide bonds. The molecule has 1 fully saturated rings. The van der Waals surface area contributed by atoms with Gasteiger partial charge in [0.2, 0.25) is 11.8 Å². The number of rotatable bonds is 6. The number of carbonyl (C=O) groups is 2. The van der Waals surface area contributed by atoms with Crippen molar-refractivity contribution >= 4 is 17.5 Å². The van der Waals surface area contributed by atoms with Crippen LogP contribution in [0.2, 0.25) is 0 Å². The second-order valence-corrected chi connectivity index (χ2v) is 6.01. The van der Waals surface area contributed by atoms with Gasteiger partial charge in [-0.3, -0.25) is 14.5 Å². The highest BCUT2D eigenvalue weighted by atomic mass is 19.1. The van der Waals surface area contributed by atoms with Crippen molar-refractivity contribution in [1.29, 1.82) is 0 Å². The maximum Gasteiger partial charge on any atom is 0.238 e. The normalized spacial score (nSPS) is 14.6. The number of nitrogens with zero attached hydrogens (tertiary/aromatic N) is 1. The molecule has 0 aliphatic carbocycles. The summed E-state index contributed by atoms with van der Waals surface area (Å²) in [6.45, 7) is 1.74. The molecule has 7 heteroatoms. The third kappa shape index (κ3) is 5.03. The maximum absolute atomic E-state index is 13.6. The van der Waals surface area contributed by atoms with Crippen LogP contribution < -0.4 is 15.4 Å². The lowest BCUT2D eigenvalue weighted by Gasteiger charge is -2.25. The van der Waals surface area contributed by atoms with Crippen molar-refractivity contribution in [2.75, 3.05) is 31.5 Å². The Kier molecular flexibility index (Phi) is 5.80. The molecule has 0 atom stereocenters. The van der Waals surface area contributed by atoms with Crippen molar-refractivity contribution < 1.29 is 18.7 Å². The molecule has 2 N–H and O–H groups in total. The summed E-state index contributed by atoms with van der Waals surface area (Å²) in [7, 11) is 0. The molecular weight excluding hydrogens is 337 g/mol. The average molecular weight is 357 g/mol. The van der Waals surface area contributed by atoms with Crippen molar-refractivity contribution in [1.82, 2.24) is 10.2 Å². The average Bonchev–Trinajstić information content (AvgIpc) is 2.62. The number of halogens is 1. The minimum absolute atomic E-state index is 0.0691. The first kappa shape index (κ1) is 17.9. The van der Waals surface area contributed by atoms with E-state index >= 15 is 0 Å². The Bertz CT molecular complexity index is 780. The van der Waals surface area contributed by atoms with Crippen LogP contribution >= 0.6 is 0 Å². The third-order valence-electron chi connectivity index (χ3n) is 3.97. The van der Waals surface area contributed by atoms with E-state index in [0.717, 1.165) is 0 Å². The highest BCUT2D eigenvalue weighted by Gasteiger charge is 2.18. The lowest BCUT2D eigenvalue weighted by molar-refractivity contribution is -0.125. The van der Waals surface area contributed by atoms with Crippen LogP contribution in [0.3, 0.4) is 0 Å². The summed E-state index contributed by atoms with van der Waals surface area (Å²) in [4.78, 5) is 25.2. The summed E-state index contributed by atoms with van der Waals surface area (Å²) < 4.78 is 19.1. The summed E-state index contributed by atoms with van der Waals surface area (Å²) in [6.07, 6.45) is 0. The van der Waals surface area contributed by atoms with Gasteiger partial charge in [0.05, 0.1) is 13.1 Å². The van der Waals surface area contributed by atoms with Gasteiger partial charge in [0.15, 0.2) is 0 Å². The number of carbonyl (C=O) groups excluding carboxylic acids is 2. The van der Waals surface area contributed by atoms with Crippen LogP contribution in [0, 0.1) is 5.82 Å². The molecule has 6 nitrogen and oxygen atoms in total. The Morgan fingerprint density at radius 1 is 1.19 bits per heavy atom. The molecule has 1 aliphatic rings. The molecule has 0 bridgehead atoms. The Labute approximate surface area is 150 Å². The molecule has 1 heterocycles. The Morgan fingerprint density at radius 2 is 1.96 bits per heavy atom. The van der Waals surface area contributed by atoms with E-state index in [0.29, 0.717) is 30.1 Å². The summed E-state index contributed by atoms with van der Waals surface area (Å²) in [6, 6.07) is 13.3. The first-order chi connectivity index (χ1) is 12.6. The number of piperazine rings is 1. The second-order valence-electron chi connectivity index (χ2n) is 6.01. The molecule has 0 aromatic heterocycles. The Morgan fingerprint density at radius 3 is 2.69 bits per heavy atom. The minimum atomic E-state index is -0.303. The van der Waals surface area contributed by atoms with Crippen LogP contribution in [0.5, 0.6) is 5.75 Å². The fraction of sp³-hybridized carbons (Fsp3) is 0.263. The fourth-order valence-electron chi connectivity index (χ4n) is 2.64. The molecule has 3 rings (SSSR count). The van der Waals surface area contributed by atoms with Gasteiger partial charge in [-0.1, -0.05) is 18.2 Å². The van der Waals surface area contributed by atoms with E-state index in [1.54, 1.807) is 47.4 Å². The van der Waals surface area contributed by atoms with Gasteiger partial charge in [-0.15, -0.1) is 0 Å². The first-order valence-corrected chi connectivity index (χ1v) is 8.35. The topological polar surface area (TPSA) is 70.7 Å². The van der Waals surface area contributed by atoms with E-state index in [1.807, 2.05) is 0 Å². The van der Waals surface area contributed by atoms with E-state index in [2.05, 4.69) is 10.6 Å². The highest BCUT2D eigenvalue weighted by molar-refractivity contribution is 5.92. The number of benzene rings is 2. The fourth-order valence-corrected chi connectivity index (χ4v) is 2.64. The zero-order valence-electron chi connectivity index (χ0n) is 14.2. The summed E-state index contributed by atoms with van der Waals surface area (Å²) in [5, 5.41) is 5.50. The predicted molar refractivity (Wildman–Crippen MR) is 95.3 cm³/mol. The highest BCUT2D eigenvalue weighted by Crippen LogP contribution is 2.18. The summed E-state index contributed by atoms with van der Waals surface area (Å²) in [5.41, 5.74) is 1.12. The summed E-state index contributed by atoms with van der Waals surface area (Å²) in [5.74, 6) is 0.0295. The van der Waals surface area contributed by atoms with Gasteiger partial charge in [0, 0.05) is 24.3 Å². The molecule has 1 saturated heterocycles. The van der Waals surface area contributed by atoms with Crippen molar-refractivity contribution in [3.05, 3.63) is 59.9 Å². The number of nitrogens with one attached hydrogen (secondary N) is 2. The van der Waals surface area contributed by atoms with Crippen molar-refractivity contribution in [2.24, 2.45) is 0 Å². The van der Waals surface area contributed by atoms with Gasteiger partial charge in [-0.2, -0.15) is 0 Å². The lowest BCUT2D eigenvalue weighted by Crippen LogP contribution is -2.49. The van der Waals surface area contributed by atoms with Gasteiger partial charge in [-0.05, 0) is 30.3 Å². The van der Waals surface area contributed by atoms with E-state index in [1.165, 1.54) is 6.07 Å². The van der Waals surface area contributed by atoms with Crippen LogP contribution in [0.1, 0.15) is 5.56 Å². The molecule has 1 aliphatic heterocycles. The molecule has 2 aromatic carbocycles. The third-order valence-corrected chi connectivity index (χ3v) is 3.97. The SMILES string of the molecule is O=C1CN(CC(=O)Nc2ccc(OCc3ccccc3F)cc2)CCN1. The number of hydrogen-bond acceptors (Lipinski definition) is 4. The number of anilines is 1. The van der Waals surface area contributed by atoms with E-state index in [9.17, 15) is 14.0 Å². The smallest absolute Gasteiger partial charge is 0.238 e. The number of amides is 2.